The quantitative estimate of drug-likeness (QED) is 0.591. The SMILES string of the molecule is BC1CC(C(C)C)C(C(C)C)C1(C)C. The van der Waals surface area contributed by atoms with Gasteiger partial charge in [-0.3, -0.25) is 0 Å². The summed E-state index contributed by atoms with van der Waals surface area (Å²) in [7, 11) is 2.44. The summed E-state index contributed by atoms with van der Waals surface area (Å²) in [6, 6.07) is 0. The van der Waals surface area contributed by atoms with Crippen molar-refractivity contribution in [2.75, 3.05) is 0 Å². The van der Waals surface area contributed by atoms with E-state index in [4.69, 9.17) is 0 Å². The fourth-order valence-electron chi connectivity index (χ4n) is 3.78. The molecule has 0 heterocycles. The highest BCUT2D eigenvalue weighted by molar-refractivity contribution is 6.12. The van der Waals surface area contributed by atoms with E-state index in [1.165, 1.54) is 6.42 Å². The van der Waals surface area contributed by atoms with E-state index in [1.807, 2.05) is 0 Å². The van der Waals surface area contributed by atoms with Crippen molar-refractivity contribution in [3.8, 4) is 0 Å². The first-order valence-corrected chi connectivity index (χ1v) is 6.28. The third-order valence-corrected chi connectivity index (χ3v) is 4.79. The lowest BCUT2D eigenvalue weighted by molar-refractivity contribution is 0.131. The zero-order chi connectivity index (χ0) is 11.1. The van der Waals surface area contributed by atoms with Crippen LogP contribution in [0.15, 0.2) is 0 Å². The van der Waals surface area contributed by atoms with Crippen molar-refractivity contribution < 1.29 is 0 Å². The van der Waals surface area contributed by atoms with Crippen molar-refractivity contribution in [1.82, 2.24) is 0 Å². The molecule has 1 saturated carbocycles. The van der Waals surface area contributed by atoms with Gasteiger partial charge in [-0.15, -0.1) is 0 Å². The summed E-state index contributed by atoms with van der Waals surface area (Å²) in [5.74, 6) is 4.44. The third kappa shape index (κ3) is 1.88. The molecule has 0 aliphatic heterocycles. The predicted octanol–water partition coefficient (Wildman–Crippen LogP) is 3.38. The zero-order valence-corrected chi connectivity index (χ0v) is 11.1. The molecule has 0 bridgehead atoms. The fraction of sp³-hybridized carbons (Fsp3) is 1.00. The molecule has 1 aliphatic rings. The molecule has 0 amide bonds. The van der Waals surface area contributed by atoms with Crippen LogP contribution in [0.4, 0.5) is 0 Å². The lowest BCUT2D eigenvalue weighted by Gasteiger charge is -2.37. The maximum atomic E-state index is 2.48. The van der Waals surface area contributed by atoms with Gasteiger partial charge in [-0.05, 0) is 29.1 Å². The van der Waals surface area contributed by atoms with E-state index in [-0.39, 0.29) is 0 Å². The van der Waals surface area contributed by atoms with Crippen LogP contribution in [-0.2, 0) is 0 Å². The summed E-state index contributed by atoms with van der Waals surface area (Å²) < 4.78 is 0. The molecule has 0 N–H and O–H groups in total. The fourth-order valence-corrected chi connectivity index (χ4v) is 3.78. The van der Waals surface area contributed by atoms with Gasteiger partial charge in [0.25, 0.3) is 0 Å². The second-order valence-corrected chi connectivity index (χ2v) is 6.64. The molecule has 3 unspecified atom stereocenters. The van der Waals surface area contributed by atoms with Crippen LogP contribution in [0.25, 0.3) is 0 Å². The average Bonchev–Trinajstić information content (AvgIpc) is 2.23. The Morgan fingerprint density at radius 2 is 1.57 bits per heavy atom. The Bertz CT molecular complexity index is 193. The molecule has 0 spiro atoms. The monoisotopic (exact) mass is 194 g/mol. The van der Waals surface area contributed by atoms with Crippen LogP contribution in [0.2, 0.25) is 5.82 Å². The number of hydrogen-bond acceptors (Lipinski definition) is 0. The number of rotatable bonds is 2. The van der Waals surface area contributed by atoms with Crippen LogP contribution in [0.1, 0.15) is 48.0 Å². The van der Waals surface area contributed by atoms with Gasteiger partial charge in [0.05, 0.1) is 0 Å². The molecule has 1 rings (SSSR count). The van der Waals surface area contributed by atoms with E-state index in [9.17, 15) is 0 Å². The van der Waals surface area contributed by atoms with Gasteiger partial charge < -0.3 is 0 Å². The Balaban J connectivity index is 2.92. The van der Waals surface area contributed by atoms with Gasteiger partial charge in [0, 0.05) is 0 Å². The summed E-state index contributed by atoms with van der Waals surface area (Å²) in [4.78, 5) is 0. The molecule has 0 nitrogen and oxygen atoms in total. The first-order valence-electron chi connectivity index (χ1n) is 6.28. The molecule has 1 fully saturated rings. The van der Waals surface area contributed by atoms with Gasteiger partial charge in [-0.2, -0.15) is 0 Å². The highest BCUT2D eigenvalue weighted by atomic mass is 14.5. The molecular formula is C13H27B. The topological polar surface area (TPSA) is 0 Å². The Morgan fingerprint density at radius 1 is 1.07 bits per heavy atom. The standard InChI is InChI=1S/C13H27B/c1-8(2)10-7-11(14)13(5,6)12(10)9(3)4/h8-12H,7,14H2,1-6H3. The van der Waals surface area contributed by atoms with Crippen molar-refractivity contribution in [3.63, 3.8) is 0 Å². The highest BCUT2D eigenvalue weighted by Gasteiger charge is 2.48. The Hall–Kier alpha value is 0.0649. The van der Waals surface area contributed by atoms with Crippen molar-refractivity contribution in [3.05, 3.63) is 0 Å². The molecule has 82 valence electrons. The van der Waals surface area contributed by atoms with Crippen LogP contribution >= 0.6 is 0 Å². The molecule has 0 aromatic heterocycles. The van der Waals surface area contributed by atoms with Crippen molar-refractivity contribution >= 4 is 7.85 Å². The van der Waals surface area contributed by atoms with E-state index < -0.39 is 0 Å². The van der Waals surface area contributed by atoms with Crippen LogP contribution < -0.4 is 0 Å². The largest absolute Gasteiger partial charge is 0.106 e. The molecule has 1 aliphatic carbocycles. The van der Waals surface area contributed by atoms with Crippen LogP contribution in [0.3, 0.4) is 0 Å². The first kappa shape index (κ1) is 12.1. The maximum Gasteiger partial charge on any atom is 0.106 e. The number of hydrogen-bond donors (Lipinski definition) is 0. The Kier molecular flexibility index (Phi) is 3.39. The Labute approximate surface area is 91.3 Å². The summed E-state index contributed by atoms with van der Waals surface area (Å²) >= 11 is 0. The second kappa shape index (κ2) is 3.91. The van der Waals surface area contributed by atoms with E-state index in [2.05, 4.69) is 49.4 Å². The van der Waals surface area contributed by atoms with Gasteiger partial charge in [-0.25, -0.2) is 0 Å². The summed E-state index contributed by atoms with van der Waals surface area (Å²) in [5, 5.41) is 0. The zero-order valence-electron chi connectivity index (χ0n) is 11.1. The Morgan fingerprint density at radius 3 is 1.86 bits per heavy atom. The van der Waals surface area contributed by atoms with Crippen molar-refractivity contribution in [2.24, 2.45) is 29.1 Å². The minimum absolute atomic E-state index is 0.545. The summed E-state index contributed by atoms with van der Waals surface area (Å²) in [5.41, 5.74) is 0.545. The summed E-state index contributed by atoms with van der Waals surface area (Å²) in [6.07, 6.45) is 1.44. The summed E-state index contributed by atoms with van der Waals surface area (Å²) in [6.45, 7) is 14.6. The normalized spacial score (nSPS) is 37.0. The maximum absolute atomic E-state index is 2.48. The molecule has 0 aromatic rings. The van der Waals surface area contributed by atoms with Gasteiger partial charge in [0.2, 0.25) is 0 Å². The van der Waals surface area contributed by atoms with Gasteiger partial charge in [-0.1, -0.05) is 53.8 Å². The van der Waals surface area contributed by atoms with E-state index in [0.29, 0.717) is 5.41 Å². The molecule has 3 atom stereocenters. The average molecular weight is 194 g/mol. The van der Waals surface area contributed by atoms with Crippen molar-refractivity contribution in [1.29, 1.82) is 0 Å². The molecular weight excluding hydrogens is 167 g/mol. The third-order valence-electron chi connectivity index (χ3n) is 4.79. The van der Waals surface area contributed by atoms with Crippen LogP contribution in [0.5, 0.6) is 0 Å². The minimum Gasteiger partial charge on any atom is -0.0641 e. The first-order chi connectivity index (χ1) is 6.28. The van der Waals surface area contributed by atoms with Crippen LogP contribution in [0, 0.1) is 29.1 Å². The molecule has 0 saturated heterocycles. The minimum atomic E-state index is 0.545. The smallest absolute Gasteiger partial charge is 0.0641 e. The lowest BCUT2D eigenvalue weighted by atomic mass is 9.63. The lowest BCUT2D eigenvalue weighted by Crippen LogP contribution is -2.30. The van der Waals surface area contributed by atoms with Crippen molar-refractivity contribution in [2.45, 2.75) is 53.8 Å². The van der Waals surface area contributed by atoms with Crippen LogP contribution in [-0.4, -0.2) is 7.85 Å². The molecule has 0 aromatic carbocycles. The molecule has 0 radical (unpaired) electrons. The highest BCUT2D eigenvalue weighted by Crippen LogP contribution is 2.57. The van der Waals surface area contributed by atoms with E-state index in [0.717, 1.165) is 29.5 Å². The molecule has 1 heteroatoms. The van der Waals surface area contributed by atoms with E-state index >= 15 is 0 Å². The molecule has 14 heavy (non-hydrogen) atoms. The van der Waals surface area contributed by atoms with E-state index in [1.54, 1.807) is 0 Å². The van der Waals surface area contributed by atoms with Gasteiger partial charge in [0.15, 0.2) is 0 Å². The predicted molar refractivity (Wildman–Crippen MR) is 67.3 cm³/mol. The van der Waals surface area contributed by atoms with Gasteiger partial charge in [0.1, 0.15) is 7.85 Å². The second-order valence-electron chi connectivity index (χ2n) is 6.64. The van der Waals surface area contributed by atoms with Gasteiger partial charge >= 0.3 is 0 Å².